The summed E-state index contributed by atoms with van der Waals surface area (Å²) in [5, 5.41) is 4.44. The van der Waals surface area contributed by atoms with E-state index in [0.717, 1.165) is 4.47 Å². The second-order valence-electron chi connectivity index (χ2n) is 4.36. The second-order valence-corrected chi connectivity index (χ2v) is 5.28. The summed E-state index contributed by atoms with van der Waals surface area (Å²) in [6.45, 7) is 0. The van der Waals surface area contributed by atoms with E-state index in [1.54, 1.807) is 0 Å². The molecule has 0 saturated heterocycles. The van der Waals surface area contributed by atoms with Crippen molar-refractivity contribution in [2.45, 2.75) is 6.04 Å². The maximum absolute atomic E-state index is 4.44. The molecule has 94 valence electrons. The molecule has 0 aliphatic rings. The fourth-order valence-corrected chi connectivity index (χ4v) is 2.53. The van der Waals surface area contributed by atoms with E-state index in [4.69, 9.17) is 0 Å². The SMILES string of the molecule is Brc1cnn(C(c2ccccc2)c2ccccc2)c1. The van der Waals surface area contributed by atoms with E-state index in [0.29, 0.717) is 0 Å². The third-order valence-corrected chi connectivity index (χ3v) is 3.47. The minimum absolute atomic E-state index is 0.105. The summed E-state index contributed by atoms with van der Waals surface area (Å²) < 4.78 is 2.97. The van der Waals surface area contributed by atoms with Crippen molar-refractivity contribution in [3.63, 3.8) is 0 Å². The lowest BCUT2D eigenvalue weighted by Gasteiger charge is -2.18. The largest absolute Gasteiger partial charge is 0.260 e. The Labute approximate surface area is 120 Å². The minimum Gasteiger partial charge on any atom is -0.260 e. The molecule has 2 aromatic carbocycles. The van der Waals surface area contributed by atoms with Gasteiger partial charge < -0.3 is 0 Å². The molecule has 0 amide bonds. The van der Waals surface area contributed by atoms with Gasteiger partial charge in [0.2, 0.25) is 0 Å². The first-order chi connectivity index (χ1) is 9.34. The van der Waals surface area contributed by atoms with Crippen LogP contribution >= 0.6 is 15.9 Å². The molecule has 3 rings (SSSR count). The van der Waals surface area contributed by atoms with Crippen LogP contribution in [0.2, 0.25) is 0 Å². The van der Waals surface area contributed by atoms with Gasteiger partial charge in [-0.2, -0.15) is 5.10 Å². The van der Waals surface area contributed by atoms with Crippen molar-refractivity contribution in [2.24, 2.45) is 0 Å². The molecule has 0 atom stereocenters. The number of aromatic nitrogens is 2. The van der Waals surface area contributed by atoms with Crippen molar-refractivity contribution in [3.05, 3.63) is 88.7 Å². The third kappa shape index (κ3) is 2.61. The standard InChI is InChI=1S/C16H13BrN2/c17-15-11-18-19(12-15)16(13-7-3-1-4-8-13)14-9-5-2-6-10-14/h1-12,16H. The van der Waals surface area contributed by atoms with Crippen LogP contribution < -0.4 is 0 Å². The molecule has 19 heavy (non-hydrogen) atoms. The van der Waals surface area contributed by atoms with Gasteiger partial charge in [0.05, 0.1) is 10.7 Å². The molecule has 0 aliphatic heterocycles. The molecule has 0 bridgehead atoms. The van der Waals surface area contributed by atoms with E-state index in [9.17, 15) is 0 Å². The third-order valence-electron chi connectivity index (χ3n) is 3.07. The van der Waals surface area contributed by atoms with Gasteiger partial charge in [-0.25, -0.2) is 0 Å². The van der Waals surface area contributed by atoms with Crippen molar-refractivity contribution in [2.75, 3.05) is 0 Å². The summed E-state index contributed by atoms with van der Waals surface area (Å²) in [6.07, 6.45) is 3.82. The molecule has 1 heterocycles. The Morgan fingerprint density at radius 2 is 1.37 bits per heavy atom. The summed E-state index contributed by atoms with van der Waals surface area (Å²) >= 11 is 3.46. The lowest BCUT2D eigenvalue weighted by Crippen LogP contribution is -2.12. The highest BCUT2D eigenvalue weighted by Gasteiger charge is 2.16. The molecule has 0 unspecified atom stereocenters. The average molecular weight is 313 g/mol. The molecule has 3 heteroatoms. The van der Waals surface area contributed by atoms with Gasteiger partial charge >= 0.3 is 0 Å². The van der Waals surface area contributed by atoms with E-state index in [2.05, 4.69) is 69.6 Å². The van der Waals surface area contributed by atoms with Crippen LogP contribution in [0, 0.1) is 0 Å². The first kappa shape index (κ1) is 12.2. The highest BCUT2D eigenvalue weighted by molar-refractivity contribution is 9.10. The van der Waals surface area contributed by atoms with Crippen molar-refractivity contribution in [3.8, 4) is 0 Å². The van der Waals surface area contributed by atoms with Crippen molar-refractivity contribution >= 4 is 15.9 Å². The Morgan fingerprint density at radius 3 is 1.79 bits per heavy atom. The van der Waals surface area contributed by atoms with Gasteiger partial charge in [-0.1, -0.05) is 60.7 Å². The maximum atomic E-state index is 4.44. The smallest absolute Gasteiger partial charge is 0.102 e. The number of benzene rings is 2. The molecule has 0 saturated carbocycles. The molecule has 0 spiro atoms. The lowest BCUT2D eigenvalue weighted by molar-refractivity contribution is 0.595. The van der Waals surface area contributed by atoms with Crippen molar-refractivity contribution < 1.29 is 0 Å². The molecule has 0 aliphatic carbocycles. The zero-order valence-corrected chi connectivity index (χ0v) is 11.9. The highest BCUT2D eigenvalue weighted by Crippen LogP contribution is 2.26. The van der Waals surface area contributed by atoms with Crippen molar-refractivity contribution in [1.29, 1.82) is 0 Å². The molecule has 3 aromatic rings. The van der Waals surface area contributed by atoms with E-state index in [1.165, 1.54) is 11.1 Å². The number of halogens is 1. The minimum atomic E-state index is 0.105. The van der Waals surface area contributed by atoms with E-state index in [1.807, 2.05) is 29.2 Å². The molecular weight excluding hydrogens is 300 g/mol. The van der Waals surface area contributed by atoms with Gasteiger partial charge in [0.15, 0.2) is 0 Å². The van der Waals surface area contributed by atoms with Crippen LogP contribution in [0.5, 0.6) is 0 Å². The zero-order valence-electron chi connectivity index (χ0n) is 10.3. The Morgan fingerprint density at radius 1 is 0.842 bits per heavy atom. The molecule has 2 nitrogen and oxygen atoms in total. The normalized spacial score (nSPS) is 10.8. The quantitative estimate of drug-likeness (QED) is 0.705. The fourth-order valence-electron chi connectivity index (χ4n) is 2.22. The van der Waals surface area contributed by atoms with Gasteiger partial charge in [-0.15, -0.1) is 0 Å². The number of nitrogens with zero attached hydrogens (tertiary/aromatic N) is 2. The van der Waals surface area contributed by atoms with Gasteiger partial charge in [-0.3, -0.25) is 4.68 Å². The van der Waals surface area contributed by atoms with Gasteiger partial charge in [0.1, 0.15) is 6.04 Å². The van der Waals surface area contributed by atoms with Crippen molar-refractivity contribution in [1.82, 2.24) is 9.78 Å². The molecule has 0 N–H and O–H groups in total. The summed E-state index contributed by atoms with van der Waals surface area (Å²) in [4.78, 5) is 0. The van der Waals surface area contributed by atoms with Crippen LogP contribution in [0.3, 0.4) is 0 Å². The predicted octanol–water partition coefficient (Wildman–Crippen LogP) is 4.28. The van der Waals surface area contributed by atoms with Crippen LogP contribution in [0.4, 0.5) is 0 Å². The lowest BCUT2D eigenvalue weighted by atomic mass is 9.99. The summed E-state index contributed by atoms with van der Waals surface area (Å²) in [5.41, 5.74) is 2.45. The molecular formula is C16H13BrN2. The Hall–Kier alpha value is -1.87. The Balaban J connectivity index is 2.11. The molecule has 1 aromatic heterocycles. The number of rotatable bonds is 3. The predicted molar refractivity (Wildman–Crippen MR) is 80.1 cm³/mol. The van der Waals surface area contributed by atoms with Gasteiger partial charge in [0.25, 0.3) is 0 Å². The zero-order chi connectivity index (χ0) is 13.1. The average Bonchev–Trinajstić information content (AvgIpc) is 2.88. The van der Waals surface area contributed by atoms with E-state index >= 15 is 0 Å². The fraction of sp³-hybridized carbons (Fsp3) is 0.0625. The first-order valence-electron chi connectivity index (χ1n) is 6.14. The van der Waals surface area contributed by atoms with Crippen LogP contribution in [-0.4, -0.2) is 9.78 Å². The summed E-state index contributed by atoms with van der Waals surface area (Å²) in [6, 6.07) is 20.9. The second kappa shape index (κ2) is 5.41. The first-order valence-corrected chi connectivity index (χ1v) is 6.93. The van der Waals surface area contributed by atoms with E-state index in [-0.39, 0.29) is 6.04 Å². The van der Waals surface area contributed by atoms with Gasteiger partial charge in [0, 0.05) is 6.20 Å². The van der Waals surface area contributed by atoms with E-state index < -0.39 is 0 Å². The topological polar surface area (TPSA) is 17.8 Å². The Bertz CT molecular complexity index is 607. The van der Waals surface area contributed by atoms with Crippen LogP contribution in [0.15, 0.2) is 77.5 Å². The monoisotopic (exact) mass is 312 g/mol. The summed E-state index contributed by atoms with van der Waals surface area (Å²) in [5.74, 6) is 0. The van der Waals surface area contributed by atoms with Crippen LogP contribution in [-0.2, 0) is 0 Å². The highest BCUT2D eigenvalue weighted by atomic mass is 79.9. The molecule has 0 radical (unpaired) electrons. The number of hydrogen-bond acceptors (Lipinski definition) is 1. The van der Waals surface area contributed by atoms with Crippen LogP contribution in [0.1, 0.15) is 17.2 Å². The Kier molecular flexibility index (Phi) is 3.47. The van der Waals surface area contributed by atoms with Gasteiger partial charge in [-0.05, 0) is 27.1 Å². The summed E-state index contributed by atoms with van der Waals surface area (Å²) in [7, 11) is 0. The maximum Gasteiger partial charge on any atom is 0.102 e. The van der Waals surface area contributed by atoms with Crippen LogP contribution in [0.25, 0.3) is 0 Å². The molecule has 0 fully saturated rings. The number of hydrogen-bond donors (Lipinski definition) is 0.